The van der Waals surface area contributed by atoms with E-state index in [0.29, 0.717) is 0 Å². The average Bonchev–Trinajstić information content (AvgIpc) is 2.73. The molecule has 0 saturated heterocycles. The first-order chi connectivity index (χ1) is 8.42. The molecule has 0 aliphatic heterocycles. The molecular formula is C15H14N2. The first-order valence-electron chi connectivity index (χ1n) is 6.31. The van der Waals surface area contributed by atoms with Crippen LogP contribution < -0.4 is 0 Å². The van der Waals surface area contributed by atoms with Gasteiger partial charge in [0.15, 0.2) is 0 Å². The van der Waals surface area contributed by atoms with E-state index in [1.54, 1.807) is 0 Å². The first-order valence-corrected chi connectivity index (χ1v) is 6.31. The van der Waals surface area contributed by atoms with Gasteiger partial charge in [0.25, 0.3) is 0 Å². The van der Waals surface area contributed by atoms with E-state index in [0.717, 1.165) is 12.1 Å². The van der Waals surface area contributed by atoms with Crippen molar-refractivity contribution in [2.45, 2.75) is 25.7 Å². The highest BCUT2D eigenvalue weighted by Gasteiger charge is 2.13. The number of hydrogen-bond donors (Lipinski definition) is 1. The van der Waals surface area contributed by atoms with Crippen molar-refractivity contribution < 1.29 is 0 Å². The molecule has 1 aromatic carbocycles. The van der Waals surface area contributed by atoms with Crippen LogP contribution in [0.2, 0.25) is 0 Å². The average molecular weight is 222 g/mol. The summed E-state index contributed by atoms with van der Waals surface area (Å²) in [5, 5.41) is 2.57. The molecular weight excluding hydrogens is 208 g/mol. The molecule has 0 fully saturated rings. The zero-order valence-electron chi connectivity index (χ0n) is 9.66. The van der Waals surface area contributed by atoms with Gasteiger partial charge >= 0.3 is 0 Å². The summed E-state index contributed by atoms with van der Waals surface area (Å²) in [7, 11) is 0. The third-order valence-corrected chi connectivity index (χ3v) is 3.77. The minimum atomic E-state index is 1.05. The van der Waals surface area contributed by atoms with Gasteiger partial charge in [-0.3, -0.25) is 0 Å². The fraction of sp³-hybridized carbons (Fsp3) is 0.267. The molecule has 0 radical (unpaired) electrons. The zero-order chi connectivity index (χ0) is 11.2. The van der Waals surface area contributed by atoms with Crippen molar-refractivity contribution >= 4 is 21.9 Å². The van der Waals surface area contributed by atoms with Crippen molar-refractivity contribution in [3.63, 3.8) is 0 Å². The Bertz CT molecular complexity index is 709. The van der Waals surface area contributed by atoms with Crippen LogP contribution in [0.15, 0.2) is 30.3 Å². The number of hydrogen-bond acceptors (Lipinski definition) is 1. The van der Waals surface area contributed by atoms with Gasteiger partial charge in [-0.05, 0) is 43.4 Å². The van der Waals surface area contributed by atoms with Gasteiger partial charge in [0, 0.05) is 22.0 Å². The number of aromatic nitrogens is 2. The summed E-state index contributed by atoms with van der Waals surface area (Å²) in [6.45, 7) is 0. The van der Waals surface area contributed by atoms with E-state index >= 15 is 0 Å². The maximum Gasteiger partial charge on any atom is 0.138 e. The van der Waals surface area contributed by atoms with E-state index < -0.39 is 0 Å². The van der Waals surface area contributed by atoms with E-state index in [1.807, 2.05) is 0 Å². The minimum Gasteiger partial charge on any atom is -0.339 e. The molecule has 0 bridgehead atoms. The predicted octanol–water partition coefficient (Wildman–Crippen LogP) is 3.59. The molecule has 84 valence electrons. The van der Waals surface area contributed by atoms with Gasteiger partial charge in [0.05, 0.1) is 0 Å². The highest BCUT2D eigenvalue weighted by Crippen LogP contribution is 2.28. The van der Waals surface area contributed by atoms with E-state index in [-0.39, 0.29) is 0 Å². The smallest absolute Gasteiger partial charge is 0.138 e. The van der Waals surface area contributed by atoms with Crippen molar-refractivity contribution in [1.82, 2.24) is 9.97 Å². The molecule has 0 spiro atoms. The number of nitrogens with zero attached hydrogens (tertiary/aromatic N) is 1. The first kappa shape index (κ1) is 9.23. The molecule has 1 aliphatic carbocycles. The summed E-state index contributed by atoms with van der Waals surface area (Å²) in [6, 6.07) is 10.8. The Morgan fingerprint density at radius 3 is 2.88 bits per heavy atom. The number of fused-ring (bicyclic) bond motifs is 4. The summed E-state index contributed by atoms with van der Waals surface area (Å²) in [6.07, 6.45) is 4.92. The lowest BCUT2D eigenvalue weighted by Crippen LogP contribution is -2.04. The largest absolute Gasteiger partial charge is 0.339 e. The molecule has 0 atom stereocenters. The molecule has 17 heavy (non-hydrogen) atoms. The van der Waals surface area contributed by atoms with Crippen molar-refractivity contribution in [2.75, 3.05) is 0 Å². The summed E-state index contributed by atoms with van der Waals surface area (Å²) in [5.41, 5.74) is 4.99. The quantitative estimate of drug-likeness (QED) is 0.618. The Labute approximate surface area is 99.7 Å². The lowest BCUT2D eigenvalue weighted by molar-refractivity contribution is 0.671. The highest BCUT2D eigenvalue weighted by atomic mass is 14.9. The Balaban J connectivity index is 2.12. The molecule has 4 rings (SSSR count). The zero-order valence-corrected chi connectivity index (χ0v) is 9.66. The third-order valence-electron chi connectivity index (χ3n) is 3.77. The van der Waals surface area contributed by atoms with Crippen molar-refractivity contribution in [2.24, 2.45) is 0 Å². The van der Waals surface area contributed by atoms with Gasteiger partial charge in [-0.2, -0.15) is 0 Å². The number of H-pyrrole nitrogens is 1. The second kappa shape index (κ2) is 3.33. The molecule has 3 aromatic rings. The SMILES string of the molecule is c1ccc2c(c1)[nH]c1nc3c(cc12)CCCC3. The number of aryl methyl sites for hydroxylation is 2. The van der Waals surface area contributed by atoms with E-state index in [9.17, 15) is 0 Å². The van der Waals surface area contributed by atoms with Crippen LogP contribution in [-0.4, -0.2) is 9.97 Å². The van der Waals surface area contributed by atoms with Crippen LogP contribution in [0.3, 0.4) is 0 Å². The Morgan fingerprint density at radius 1 is 1.00 bits per heavy atom. The molecule has 2 aromatic heterocycles. The molecule has 0 saturated carbocycles. The molecule has 2 nitrogen and oxygen atoms in total. The topological polar surface area (TPSA) is 28.7 Å². The van der Waals surface area contributed by atoms with Crippen LogP contribution in [0.4, 0.5) is 0 Å². The molecule has 1 aliphatic rings. The van der Waals surface area contributed by atoms with Crippen LogP contribution in [0.1, 0.15) is 24.1 Å². The van der Waals surface area contributed by atoms with E-state index in [1.165, 1.54) is 46.8 Å². The molecule has 2 heteroatoms. The Morgan fingerprint density at radius 2 is 1.88 bits per heavy atom. The maximum atomic E-state index is 4.80. The lowest BCUT2D eigenvalue weighted by Gasteiger charge is -2.14. The minimum absolute atomic E-state index is 1.05. The molecule has 0 unspecified atom stereocenters. The van der Waals surface area contributed by atoms with Gasteiger partial charge in [-0.25, -0.2) is 4.98 Å². The van der Waals surface area contributed by atoms with Gasteiger partial charge in [-0.1, -0.05) is 18.2 Å². The summed E-state index contributed by atoms with van der Waals surface area (Å²) < 4.78 is 0. The molecule has 2 heterocycles. The van der Waals surface area contributed by atoms with Crippen LogP contribution in [-0.2, 0) is 12.8 Å². The Hall–Kier alpha value is -1.83. The third kappa shape index (κ3) is 1.30. The van der Waals surface area contributed by atoms with Crippen LogP contribution in [0, 0.1) is 0 Å². The standard InChI is InChI=1S/C15H14N2/c1-3-7-13-10(5-1)9-12-11-6-2-4-8-14(11)17-15(12)16-13/h2,4,6,8-9H,1,3,5,7H2,(H,16,17). The highest BCUT2D eigenvalue weighted by molar-refractivity contribution is 6.06. The number of nitrogens with one attached hydrogen (secondary N) is 1. The lowest BCUT2D eigenvalue weighted by atomic mass is 9.95. The molecule has 1 N–H and O–H groups in total. The normalized spacial score (nSPS) is 15.3. The fourth-order valence-corrected chi connectivity index (χ4v) is 2.89. The number of benzene rings is 1. The van der Waals surface area contributed by atoms with Gasteiger partial charge in [-0.15, -0.1) is 0 Å². The van der Waals surface area contributed by atoms with Crippen molar-refractivity contribution in [3.8, 4) is 0 Å². The van der Waals surface area contributed by atoms with Crippen molar-refractivity contribution in [1.29, 1.82) is 0 Å². The number of para-hydroxylation sites is 1. The van der Waals surface area contributed by atoms with Crippen LogP contribution >= 0.6 is 0 Å². The summed E-state index contributed by atoms with van der Waals surface area (Å²) in [5.74, 6) is 0. The van der Waals surface area contributed by atoms with Gasteiger partial charge < -0.3 is 4.98 Å². The number of pyridine rings is 1. The van der Waals surface area contributed by atoms with Crippen LogP contribution in [0.5, 0.6) is 0 Å². The van der Waals surface area contributed by atoms with Gasteiger partial charge in [0.2, 0.25) is 0 Å². The number of aromatic amines is 1. The summed E-state index contributed by atoms with van der Waals surface area (Å²) >= 11 is 0. The number of rotatable bonds is 0. The van der Waals surface area contributed by atoms with E-state index in [4.69, 9.17) is 4.98 Å². The monoisotopic (exact) mass is 222 g/mol. The van der Waals surface area contributed by atoms with Crippen molar-refractivity contribution in [3.05, 3.63) is 41.6 Å². The van der Waals surface area contributed by atoms with Crippen LogP contribution in [0.25, 0.3) is 21.9 Å². The summed E-state index contributed by atoms with van der Waals surface area (Å²) in [4.78, 5) is 8.21. The maximum absolute atomic E-state index is 4.80. The van der Waals surface area contributed by atoms with E-state index in [2.05, 4.69) is 35.3 Å². The second-order valence-electron chi connectivity index (χ2n) is 4.87. The molecule has 0 amide bonds. The predicted molar refractivity (Wildman–Crippen MR) is 70.2 cm³/mol. The fourth-order valence-electron chi connectivity index (χ4n) is 2.89. The Kier molecular flexibility index (Phi) is 1.81. The second-order valence-corrected chi connectivity index (χ2v) is 4.87. The van der Waals surface area contributed by atoms with Gasteiger partial charge in [0.1, 0.15) is 5.65 Å².